The van der Waals surface area contributed by atoms with Crippen molar-refractivity contribution in [1.29, 1.82) is 0 Å². The number of carbonyl (C=O) groups excluding carboxylic acids is 2. The number of nitrogens with zero attached hydrogens (tertiary/aromatic N) is 3. The van der Waals surface area contributed by atoms with Crippen molar-refractivity contribution in [2.75, 3.05) is 49.5 Å². The van der Waals surface area contributed by atoms with Crippen molar-refractivity contribution in [2.45, 2.75) is 34.6 Å². The molecule has 1 aromatic carbocycles. The van der Waals surface area contributed by atoms with E-state index in [4.69, 9.17) is 0 Å². The number of aryl methyl sites for hydroxylation is 1. The summed E-state index contributed by atoms with van der Waals surface area (Å²) in [5.41, 5.74) is 2.74. The van der Waals surface area contributed by atoms with E-state index in [1.165, 1.54) is 0 Å². The topological polar surface area (TPSA) is 77.6 Å². The third-order valence-electron chi connectivity index (χ3n) is 5.55. The van der Waals surface area contributed by atoms with Crippen LogP contribution in [0.15, 0.2) is 36.5 Å². The van der Waals surface area contributed by atoms with Crippen LogP contribution in [-0.2, 0) is 0 Å². The van der Waals surface area contributed by atoms with Crippen LogP contribution < -0.4 is 15.5 Å². The lowest BCUT2D eigenvalue weighted by atomic mass is 10.1. The molecule has 0 bridgehead atoms. The number of hydrogen-bond acceptors (Lipinski definition) is 5. The minimum atomic E-state index is -0.209. The molecule has 0 spiro atoms. The Morgan fingerprint density at radius 1 is 1.03 bits per heavy atom. The summed E-state index contributed by atoms with van der Waals surface area (Å²) in [4.78, 5) is 35.1. The van der Waals surface area contributed by atoms with Gasteiger partial charge in [-0.15, -0.1) is 0 Å². The van der Waals surface area contributed by atoms with Crippen LogP contribution in [-0.4, -0.2) is 61.0 Å². The van der Waals surface area contributed by atoms with E-state index in [0.29, 0.717) is 47.6 Å². The third kappa shape index (κ3) is 6.78. The van der Waals surface area contributed by atoms with E-state index in [9.17, 15) is 9.59 Å². The van der Waals surface area contributed by atoms with E-state index in [-0.39, 0.29) is 11.8 Å². The van der Waals surface area contributed by atoms with Crippen LogP contribution in [0.2, 0.25) is 0 Å². The second kappa shape index (κ2) is 11.3. The van der Waals surface area contributed by atoms with Gasteiger partial charge in [-0.3, -0.25) is 9.59 Å². The molecule has 1 saturated heterocycles. The van der Waals surface area contributed by atoms with Crippen LogP contribution in [0, 0.1) is 18.8 Å². The van der Waals surface area contributed by atoms with Gasteiger partial charge in [-0.1, -0.05) is 45.4 Å². The Bertz CT molecular complexity index is 940. The fourth-order valence-corrected chi connectivity index (χ4v) is 4.00. The van der Waals surface area contributed by atoms with Crippen LogP contribution in [0.1, 0.15) is 54.0 Å². The van der Waals surface area contributed by atoms with E-state index in [0.717, 1.165) is 31.7 Å². The summed E-state index contributed by atoms with van der Waals surface area (Å²) in [5, 5.41) is 6.36. The van der Waals surface area contributed by atoms with Crippen molar-refractivity contribution < 1.29 is 9.59 Å². The fourth-order valence-electron chi connectivity index (χ4n) is 4.00. The monoisotopic (exact) mass is 451 g/mol. The van der Waals surface area contributed by atoms with Crippen molar-refractivity contribution in [2.24, 2.45) is 11.8 Å². The summed E-state index contributed by atoms with van der Waals surface area (Å²) >= 11 is 0. The molecular formula is C26H37N5O2. The van der Waals surface area contributed by atoms with Gasteiger partial charge in [-0.05, 0) is 37.0 Å². The molecule has 3 rings (SSSR count). The van der Waals surface area contributed by atoms with Crippen LogP contribution in [0.25, 0.3) is 0 Å². The number of pyridine rings is 1. The molecule has 0 aliphatic carbocycles. The minimum absolute atomic E-state index is 0.0532. The number of benzene rings is 1. The quantitative estimate of drug-likeness (QED) is 0.638. The van der Waals surface area contributed by atoms with Crippen molar-refractivity contribution in [1.82, 2.24) is 15.2 Å². The predicted octanol–water partition coefficient (Wildman–Crippen LogP) is 3.81. The van der Waals surface area contributed by atoms with Gasteiger partial charge >= 0.3 is 0 Å². The highest BCUT2D eigenvalue weighted by atomic mass is 16.2. The number of aromatic nitrogens is 1. The molecule has 2 heterocycles. The smallest absolute Gasteiger partial charge is 0.255 e. The summed E-state index contributed by atoms with van der Waals surface area (Å²) < 4.78 is 0. The van der Waals surface area contributed by atoms with Crippen molar-refractivity contribution >= 4 is 23.3 Å². The van der Waals surface area contributed by atoms with Crippen molar-refractivity contribution in [3.63, 3.8) is 0 Å². The highest BCUT2D eigenvalue weighted by Gasteiger charge is 2.23. The fraction of sp³-hybridized carbons (Fsp3) is 0.500. The summed E-state index contributed by atoms with van der Waals surface area (Å²) in [6.45, 7) is 15.1. The van der Waals surface area contributed by atoms with E-state index < -0.39 is 0 Å². The first kappa shape index (κ1) is 24.7. The lowest BCUT2D eigenvalue weighted by molar-refractivity contribution is 0.0714. The van der Waals surface area contributed by atoms with Gasteiger partial charge in [0.25, 0.3) is 11.8 Å². The Morgan fingerprint density at radius 2 is 1.64 bits per heavy atom. The van der Waals surface area contributed by atoms with Crippen LogP contribution >= 0.6 is 0 Å². The molecular weight excluding hydrogens is 414 g/mol. The number of anilines is 2. The second-order valence-electron chi connectivity index (χ2n) is 9.65. The average molecular weight is 452 g/mol. The number of hydrogen-bond donors (Lipinski definition) is 2. The zero-order valence-corrected chi connectivity index (χ0v) is 20.5. The summed E-state index contributed by atoms with van der Waals surface area (Å²) in [7, 11) is 0. The molecule has 0 unspecified atom stereocenters. The zero-order chi connectivity index (χ0) is 24.0. The maximum absolute atomic E-state index is 13.4. The van der Waals surface area contributed by atoms with Gasteiger partial charge < -0.3 is 20.4 Å². The Hall–Kier alpha value is -2.93. The number of nitrogens with one attached hydrogen (secondary N) is 2. The highest BCUT2D eigenvalue weighted by molar-refractivity contribution is 6.06. The van der Waals surface area contributed by atoms with Gasteiger partial charge in [-0.2, -0.15) is 0 Å². The SMILES string of the molecule is Cc1ccc(C(=O)Nc2cc(C(=O)N(CC(C)C)CC(C)C)cnc2N2CCNCC2)cc1. The first-order valence-electron chi connectivity index (χ1n) is 11.9. The van der Waals surface area contributed by atoms with E-state index in [1.54, 1.807) is 12.3 Å². The zero-order valence-electron chi connectivity index (χ0n) is 20.5. The molecule has 1 aliphatic heterocycles. The normalized spacial score (nSPS) is 14.0. The molecule has 1 fully saturated rings. The molecule has 178 valence electrons. The molecule has 2 N–H and O–H groups in total. The van der Waals surface area contributed by atoms with E-state index in [1.807, 2.05) is 36.1 Å². The van der Waals surface area contributed by atoms with Gasteiger partial charge in [0.15, 0.2) is 5.82 Å². The molecule has 0 saturated carbocycles. The highest BCUT2D eigenvalue weighted by Crippen LogP contribution is 2.26. The molecule has 7 nitrogen and oxygen atoms in total. The standard InChI is InChI=1S/C26H37N5O2/c1-18(2)16-31(17-19(3)4)26(33)22-14-23(24(28-15-22)30-12-10-27-11-13-30)29-25(32)21-8-6-20(5)7-9-21/h6-9,14-15,18-19,27H,10-13,16-17H2,1-5H3,(H,29,32). The van der Waals surface area contributed by atoms with Crippen molar-refractivity contribution in [3.05, 3.63) is 53.2 Å². The largest absolute Gasteiger partial charge is 0.352 e. The predicted molar refractivity (Wildman–Crippen MR) is 134 cm³/mol. The molecule has 1 aromatic heterocycles. The Morgan fingerprint density at radius 3 is 2.21 bits per heavy atom. The molecule has 0 atom stereocenters. The lowest BCUT2D eigenvalue weighted by Crippen LogP contribution is -2.44. The van der Waals surface area contributed by atoms with Crippen molar-refractivity contribution in [3.8, 4) is 0 Å². The number of amides is 2. The maximum atomic E-state index is 13.4. The number of carbonyl (C=O) groups is 2. The maximum Gasteiger partial charge on any atom is 0.255 e. The van der Waals surface area contributed by atoms with Gasteiger partial charge in [0.05, 0.1) is 11.3 Å². The molecule has 2 aromatic rings. The summed E-state index contributed by atoms with van der Waals surface area (Å²) in [5.74, 6) is 1.16. The van der Waals surface area contributed by atoms with Crippen LogP contribution in [0.5, 0.6) is 0 Å². The van der Waals surface area contributed by atoms with Gasteiger partial charge in [-0.25, -0.2) is 4.98 Å². The third-order valence-corrected chi connectivity index (χ3v) is 5.55. The van der Waals surface area contributed by atoms with Gasteiger partial charge in [0, 0.05) is 51.0 Å². The Kier molecular flexibility index (Phi) is 8.44. The molecule has 7 heteroatoms. The average Bonchev–Trinajstić information content (AvgIpc) is 2.78. The Balaban J connectivity index is 1.93. The first-order chi connectivity index (χ1) is 15.7. The van der Waals surface area contributed by atoms with Gasteiger partial charge in [0.2, 0.25) is 0 Å². The van der Waals surface area contributed by atoms with Crippen LogP contribution in [0.3, 0.4) is 0 Å². The summed E-state index contributed by atoms with van der Waals surface area (Å²) in [6.07, 6.45) is 1.65. The van der Waals surface area contributed by atoms with E-state index >= 15 is 0 Å². The van der Waals surface area contributed by atoms with E-state index in [2.05, 4.69) is 48.2 Å². The second-order valence-corrected chi connectivity index (χ2v) is 9.65. The molecule has 2 amide bonds. The number of rotatable bonds is 8. The molecule has 1 aliphatic rings. The number of piperazine rings is 1. The Labute approximate surface area is 197 Å². The summed E-state index contributed by atoms with van der Waals surface area (Å²) in [6, 6.07) is 9.24. The minimum Gasteiger partial charge on any atom is -0.352 e. The first-order valence-corrected chi connectivity index (χ1v) is 11.9. The molecule has 0 radical (unpaired) electrons. The van der Waals surface area contributed by atoms with Crippen LogP contribution in [0.4, 0.5) is 11.5 Å². The van der Waals surface area contributed by atoms with Gasteiger partial charge in [0.1, 0.15) is 0 Å². The lowest BCUT2D eigenvalue weighted by Gasteiger charge is -2.31. The molecule has 33 heavy (non-hydrogen) atoms.